The van der Waals surface area contributed by atoms with Gasteiger partial charge in [-0.05, 0) is 68.9 Å². The molecule has 5 rings (SSSR count). The molecule has 6 atom stereocenters. The van der Waals surface area contributed by atoms with Crippen molar-refractivity contribution in [2.75, 3.05) is 29.5 Å². The van der Waals surface area contributed by atoms with E-state index >= 15 is 4.79 Å². The molecule has 2 bridgehead atoms. The summed E-state index contributed by atoms with van der Waals surface area (Å²) in [6.07, 6.45) is 4.76. The maximum absolute atomic E-state index is 15.0. The molecular formula is C36H45N3O4S. The summed E-state index contributed by atoms with van der Waals surface area (Å²) in [5.41, 5.74) is 3.51. The number of hydrogen-bond donors (Lipinski definition) is 1. The number of amides is 3. The van der Waals surface area contributed by atoms with Crippen molar-refractivity contribution in [2.24, 2.45) is 17.8 Å². The minimum absolute atomic E-state index is 0.100. The van der Waals surface area contributed by atoms with Crippen molar-refractivity contribution in [3.05, 3.63) is 85.0 Å². The van der Waals surface area contributed by atoms with Crippen LogP contribution < -0.4 is 9.80 Å². The van der Waals surface area contributed by atoms with E-state index in [-0.39, 0.29) is 36.8 Å². The van der Waals surface area contributed by atoms with Crippen LogP contribution in [0, 0.1) is 31.6 Å². The lowest BCUT2D eigenvalue weighted by molar-refractivity contribution is -0.143. The number of aliphatic hydroxyl groups is 1. The first-order chi connectivity index (χ1) is 21.0. The zero-order valence-electron chi connectivity index (χ0n) is 26.5. The molecule has 7 nitrogen and oxygen atoms in total. The zero-order chi connectivity index (χ0) is 32.0. The van der Waals surface area contributed by atoms with Crippen molar-refractivity contribution >= 4 is 40.9 Å². The van der Waals surface area contributed by atoms with Gasteiger partial charge in [0.1, 0.15) is 6.04 Å². The third-order valence-corrected chi connectivity index (χ3v) is 11.9. The molecule has 234 valence electrons. The van der Waals surface area contributed by atoms with E-state index in [2.05, 4.69) is 20.1 Å². The molecule has 3 aliphatic heterocycles. The summed E-state index contributed by atoms with van der Waals surface area (Å²) in [4.78, 5) is 49.6. The van der Waals surface area contributed by atoms with Crippen LogP contribution >= 0.6 is 11.8 Å². The van der Waals surface area contributed by atoms with Crippen LogP contribution in [0.3, 0.4) is 0 Å². The van der Waals surface area contributed by atoms with Gasteiger partial charge < -0.3 is 19.8 Å². The minimum Gasteiger partial charge on any atom is -0.394 e. The number of rotatable bonds is 11. The first kappa shape index (κ1) is 32.0. The van der Waals surface area contributed by atoms with Crippen LogP contribution in [0.5, 0.6) is 0 Å². The Kier molecular flexibility index (Phi) is 8.89. The molecule has 0 aliphatic carbocycles. The standard InChI is InChI=1S/C36H45N3O4S/c1-8-19-37(26-13-11-10-12-14-26)32(41)29-30-33(42)39(28(22-40)23(3)4)31(36(30)18-17-35(29,7)44-36)34(43)38(20-9-2)27-21-24(5)15-16-25(27)6/h8-16,21,23,28-31,40H,1-2,17-20,22H2,3-7H3/t28-,29-,30-,31?,35+,36?/m0/s1. The lowest BCUT2D eigenvalue weighted by atomic mass is 9.66. The van der Waals surface area contributed by atoms with Crippen molar-refractivity contribution in [1.29, 1.82) is 0 Å². The Labute approximate surface area is 266 Å². The van der Waals surface area contributed by atoms with Gasteiger partial charge in [0.05, 0.1) is 29.2 Å². The fourth-order valence-electron chi connectivity index (χ4n) is 7.82. The molecule has 2 aromatic rings. The highest BCUT2D eigenvalue weighted by Gasteiger charge is 2.78. The second-order valence-electron chi connectivity index (χ2n) is 13.1. The molecule has 0 radical (unpaired) electrons. The van der Waals surface area contributed by atoms with Crippen LogP contribution in [0.2, 0.25) is 0 Å². The van der Waals surface area contributed by atoms with E-state index in [9.17, 15) is 14.7 Å². The van der Waals surface area contributed by atoms with Crippen LogP contribution in [0.4, 0.5) is 11.4 Å². The molecule has 3 amide bonds. The SMILES string of the molecule is C=CCN(C(=O)[C@@H]1[C@H]2C(=O)N([C@@H](CO)C(C)C)C(C(=O)N(CC=C)c3cc(C)ccc3C)C23CC[C@@]1(C)S3)c1ccccc1. The highest BCUT2D eigenvalue weighted by Crippen LogP contribution is 2.72. The maximum Gasteiger partial charge on any atom is 0.251 e. The molecule has 3 aliphatic rings. The van der Waals surface area contributed by atoms with Crippen molar-refractivity contribution in [2.45, 2.75) is 69.0 Å². The normalized spacial score (nSPS) is 27.8. The smallest absolute Gasteiger partial charge is 0.251 e. The van der Waals surface area contributed by atoms with Crippen molar-refractivity contribution in [3.63, 3.8) is 0 Å². The Morgan fingerprint density at radius 3 is 2.32 bits per heavy atom. The Bertz CT molecular complexity index is 1460. The Morgan fingerprint density at radius 1 is 1.05 bits per heavy atom. The van der Waals surface area contributed by atoms with Crippen LogP contribution in [0.25, 0.3) is 0 Å². The maximum atomic E-state index is 15.0. The molecular weight excluding hydrogens is 570 g/mol. The van der Waals surface area contributed by atoms with Gasteiger partial charge in [-0.25, -0.2) is 0 Å². The Balaban J connectivity index is 1.66. The van der Waals surface area contributed by atoms with Crippen molar-refractivity contribution in [3.8, 4) is 0 Å². The van der Waals surface area contributed by atoms with Crippen LogP contribution in [-0.2, 0) is 14.4 Å². The quantitative estimate of drug-likeness (QED) is 0.336. The number of carbonyl (C=O) groups is 3. The number of nitrogens with zero attached hydrogens (tertiary/aromatic N) is 3. The predicted molar refractivity (Wildman–Crippen MR) is 179 cm³/mol. The number of fused-ring (bicyclic) bond motifs is 1. The predicted octanol–water partition coefficient (Wildman–Crippen LogP) is 5.54. The number of aryl methyl sites for hydroxylation is 2. The van der Waals surface area contributed by atoms with E-state index < -0.39 is 33.4 Å². The van der Waals surface area contributed by atoms with Gasteiger partial charge in [0.15, 0.2) is 0 Å². The summed E-state index contributed by atoms with van der Waals surface area (Å²) in [6.45, 7) is 18.1. The Morgan fingerprint density at radius 2 is 1.70 bits per heavy atom. The number of aliphatic hydroxyl groups excluding tert-OH is 1. The second kappa shape index (κ2) is 12.2. The van der Waals surface area contributed by atoms with E-state index in [1.54, 1.807) is 38.6 Å². The molecule has 3 heterocycles. The molecule has 0 aromatic heterocycles. The largest absolute Gasteiger partial charge is 0.394 e. The lowest BCUT2D eigenvalue weighted by Crippen LogP contribution is -2.58. The van der Waals surface area contributed by atoms with E-state index in [1.807, 2.05) is 76.2 Å². The van der Waals surface area contributed by atoms with Crippen LogP contribution in [-0.4, -0.2) is 69.0 Å². The van der Waals surface area contributed by atoms with Crippen molar-refractivity contribution in [1.82, 2.24) is 4.90 Å². The van der Waals surface area contributed by atoms with Gasteiger partial charge in [0.2, 0.25) is 11.8 Å². The Hall–Kier alpha value is -3.36. The highest BCUT2D eigenvalue weighted by atomic mass is 32.2. The number of carbonyl (C=O) groups excluding carboxylic acids is 3. The third-order valence-electron chi connectivity index (χ3n) is 9.91. The van der Waals surface area contributed by atoms with E-state index in [1.165, 1.54) is 0 Å². The van der Waals surface area contributed by atoms with Crippen LogP contribution in [0.15, 0.2) is 73.8 Å². The summed E-state index contributed by atoms with van der Waals surface area (Å²) < 4.78 is -1.33. The molecule has 2 unspecified atom stereocenters. The number of para-hydroxylation sites is 1. The highest BCUT2D eigenvalue weighted by molar-refractivity contribution is 8.02. The molecule has 44 heavy (non-hydrogen) atoms. The minimum atomic E-state index is -0.839. The summed E-state index contributed by atoms with van der Waals surface area (Å²) in [5.74, 6) is -1.95. The van der Waals surface area contributed by atoms with Gasteiger partial charge in [0, 0.05) is 29.2 Å². The van der Waals surface area contributed by atoms with Gasteiger partial charge in [-0.2, -0.15) is 0 Å². The monoisotopic (exact) mass is 615 g/mol. The second-order valence-corrected chi connectivity index (χ2v) is 15.0. The third kappa shape index (κ3) is 5.00. The molecule has 1 N–H and O–H groups in total. The lowest BCUT2D eigenvalue weighted by Gasteiger charge is -2.41. The summed E-state index contributed by atoms with van der Waals surface area (Å²) in [6, 6.07) is 14.1. The number of hydrogen-bond acceptors (Lipinski definition) is 5. The fraction of sp³-hybridized carbons (Fsp3) is 0.472. The van der Waals surface area contributed by atoms with Crippen LogP contribution in [0.1, 0.15) is 44.7 Å². The van der Waals surface area contributed by atoms with Gasteiger partial charge in [-0.15, -0.1) is 24.9 Å². The zero-order valence-corrected chi connectivity index (χ0v) is 27.3. The molecule has 3 fully saturated rings. The van der Waals surface area contributed by atoms with E-state index in [0.29, 0.717) is 19.4 Å². The summed E-state index contributed by atoms with van der Waals surface area (Å²) in [7, 11) is 0. The van der Waals surface area contributed by atoms with E-state index in [0.717, 1.165) is 22.5 Å². The summed E-state index contributed by atoms with van der Waals surface area (Å²) in [5, 5.41) is 10.6. The molecule has 8 heteroatoms. The summed E-state index contributed by atoms with van der Waals surface area (Å²) >= 11 is 1.65. The average Bonchev–Trinajstić information content (AvgIpc) is 3.57. The molecule has 1 spiro atoms. The van der Waals surface area contributed by atoms with Gasteiger partial charge in [-0.1, -0.05) is 56.3 Å². The topological polar surface area (TPSA) is 81.2 Å². The average molecular weight is 616 g/mol. The van der Waals surface area contributed by atoms with Crippen molar-refractivity contribution < 1.29 is 19.5 Å². The number of likely N-dealkylation sites (tertiary alicyclic amines) is 1. The molecule has 3 saturated heterocycles. The molecule has 0 saturated carbocycles. The number of thioether (sulfide) groups is 1. The number of benzene rings is 2. The fourth-order valence-corrected chi connectivity index (χ4v) is 10.1. The molecule has 2 aromatic carbocycles. The van der Waals surface area contributed by atoms with Gasteiger partial charge in [-0.3, -0.25) is 14.4 Å². The first-order valence-corrected chi connectivity index (χ1v) is 16.4. The number of anilines is 2. The van der Waals surface area contributed by atoms with Gasteiger partial charge in [0.25, 0.3) is 5.91 Å². The first-order valence-electron chi connectivity index (χ1n) is 15.6. The van der Waals surface area contributed by atoms with E-state index in [4.69, 9.17) is 0 Å². The van der Waals surface area contributed by atoms with Gasteiger partial charge >= 0.3 is 0 Å².